The Morgan fingerprint density at radius 1 is 1.31 bits per heavy atom. The Balaban J connectivity index is 2.14. The number of hydrogen-bond acceptors (Lipinski definition) is 5. The first-order chi connectivity index (χ1) is 16.7. The van der Waals surface area contributed by atoms with E-state index in [1.54, 1.807) is 0 Å². The van der Waals surface area contributed by atoms with Crippen LogP contribution in [0.2, 0.25) is 5.02 Å². The van der Waals surface area contributed by atoms with Crippen molar-refractivity contribution < 1.29 is 48.6 Å². The third kappa shape index (κ3) is 5.96. The molecule has 0 bridgehead atoms. The van der Waals surface area contributed by atoms with Gasteiger partial charge < -0.3 is 0 Å². The minimum atomic E-state index is -3.76. The number of benzene rings is 1. The van der Waals surface area contributed by atoms with E-state index in [0.717, 1.165) is 23.9 Å². The van der Waals surface area contributed by atoms with E-state index in [-0.39, 0.29) is 28.5 Å². The molecule has 0 unspecified atom stereocenters. The zero-order valence-electron chi connectivity index (χ0n) is 18.7. The molecule has 0 radical (unpaired) electrons. The molecule has 13 heteroatoms. The third-order valence-electron chi connectivity index (χ3n) is 4.79. The summed E-state index contributed by atoms with van der Waals surface area (Å²) < 4.78 is 67.9. The summed E-state index contributed by atoms with van der Waals surface area (Å²) in [7, 11) is 0. The molecule has 0 spiro atoms. The van der Waals surface area contributed by atoms with E-state index >= 15 is 0 Å². The fourth-order valence-corrected chi connectivity index (χ4v) is 4.72. The summed E-state index contributed by atoms with van der Waals surface area (Å²) in [6.45, 7) is 4.50. The van der Waals surface area contributed by atoms with Gasteiger partial charge in [0.1, 0.15) is 0 Å². The first-order valence-corrected chi connectivity index (χ1v) is 12.7. The van der Waals surface area contributed by atoms with E-state index in [9.17, 15) is 27.2 Å². The molecule has 1 N–H and O–H groups in total. The Bertz CT molecular complexity index is 1410. The number of nitriles is 1. The Labute approximate surface area is 218 Å². The molecular weight excluding hydrogens is 619 g/mol. The van der Waals surface area contributed by atoms with Crippen molar-refractivity contribution in [3.63, 3.8) is 0 Å². The van der Waals surface area contributed by atoms with Crippen LogP contribution in [0, 0.1) is 11.3 Å². The molecule has 1 aromatic heterocycles. The number of hydrogen-bond donors (Lipinski definition) is 1. The predicted octanol–water partition coefficient (Wildman–Crippen LogP) is 1.83. The van der Waals surface area contributed by atoms with Crippen LogP contribution >= 0.6 is 11.6 Å². The number of ether oxygens (including phenoxy) is 1. The van der Waals surface area contributed by atoms with Crippen LogP contribution in [0.25, 0.3) is 0 Å². The molecule has 1 aromatic carbocycles. The quantitative estimate of drug-likeness (QED) is 0.217. The van der Waals surface area contributed by atoms with Crippen molar-refractivity contribution in [1.29, 1.82) is 5.26 Å². The second-order valence-corrected chi connectivity index (χ2v) is 9.98. The fraction of sp³-hybridized carbons (Fsp3) is 0.217. The molecule has 3 rings (SSSR count). The number of aromatic nitrogens is 2. The Kier molecular flexibility index (Phi) is 7.94. The van der Waals surface area contributed by atoms with Gasteiger partial charge in [-0.25, -0.2) is 0 Å². The fourth-order valence-electron chi connectivity index (χ4n) is 2.99. The molecule has 190 valence electrons. The molecule has 36 heavy (non-hydrogen) atoms. The van der Waals surface area contributed by atoms with Crippen LogP contribution in [-0.2, 0) is 17.3 Å². The molecule has 0 saturated heterocycles. The van der Waals surface area contributed by atoms with Gasteiger partial charge in [-0.15, -0.1) is 0 Å². The average Bonchev–Trinajstić information content (AvgIpc) is 2.97. The summed E-state index contributed by atoms with van der Waals surface area (Å²) in [6, 6.07) is 5.55. The van der Waals surface area contributed by atoms with E-state index in [1.807, 2.05) is 6.07 Å². The Morgan fingerprint density at radius 3 is 2.61 bits per heavy atom. The molecule has 0 fully saturated rings. The molecule has 1 aliphatic rings. The van der Waals surface area contributed by atoms with E-state index in [4.69, 9.17) is 21.6 Å². The molecule has 0 aliphatic carbocycles. The average molecular weight is 636 g/mol. The van der Waals surface area contributed by atoms with E-state index < -0.39 is 67.4 Å². The van der Waals surface area contributed by atoms with E-state index in [2.05, 4.69) is 15.1 Å². The summed E-state index contributed by atoms with van der Waals surface area (Å²) >= 11 is 4.79. The van der Waals surface area contributed by atoms with Crippen molar-refractivity contribution >= 4 is 17.5 Å². The monoisotopic (exact) mass is 635 g/mol. The number of allylic oxidation sites excluding steroid dienone is 3. The molecular formula is C23H17ClF4IN4O3-. The van der Waals surface area contributed by atoms with Crippen molar-refractivity contribution in [3.05, 3.63) is 84.6 Å². The van der Waals surface area contributed by atoms with Gasteiger partial charge in [0.05, 0.1) is 0 Å². The van der Waals surface area contributed by atoms with Gasteiger partial charge in [0.15, 0.2) is 0 Å². The normalized spacial score (nSPS) is 14.4. The second kappa shape index (κ2) is 10.4. The summed E-state index contributed by atoms with van der Waals surface area (Å²) in [5, 5.41) is 9.20. The Morgan fingerprint density at radius 2 is 2.00 bits per heavy atom. The number of alkyl halides is 4. The number of nitrogens with one attached hydrogen (secondary N) is 1. The predicted molar refractivity (Wildman–Crippen MR) is 118 cm³/mol. The first kappa shape index (κ1) is 27.4. The van der Waals surface area contributed by atoms with Crippen LogP contribution in [-0.4, -0.2) is 21.4 Å². The molecule has 1 aliphatic heterocycles. The van der Waals surface area contributed by atoms with Gasteiger partial charge in [-0.05, 0) is 0 Å². The minimum absolute atomic E-state index is 0.0535. The summed E-state index contributed by atoms with van der Waals surface area (Å²) in [5.41, 5.74) is -3.25. The third-order valence-corrected chi connectivity index (χ3v) is 6.92. The van der Waals surface area contributed by atoms with E-state index in [0.29, 0.717) is 6.92 Å². The zero-order valence-corrected chi connectivity index (χ0v) is 21.6. The van der Waals surface area contributed by atoms with E-state index in [1.165, 1.54) is 22.3 Å². The summed E-state index contributed by atoms with van der Waals surface area (Å²) in [5.74, 6) is -9.17. The summed E-state index contributed by atoms with van der Waals surface area (Å²) in [6.07, 6.45) is 1.79. The van der Waals surface area contributed by atoms with Crippen LogP contribution in [0.15, 0.2) is 62.8 Å². The van der Waals surface area contributed by atoms with Crippen LogP contribution in [0.1, 0.15) is 25.1 Å². The Hall–Kier alpha value is -3.18. The number of carbonyl (C=O) groups excluding carboxylic acids is 1. The number of rotatable bonds is 7. The van der Waals surface area contributed by atoms with Gasteiger partial charge in [0, 0.05) is 0 Å². The van der Waals surface area contributed by atoms with Crippen molar-refractivity contribution in [3.8, 4) is 17.6 Å². The number of amides is 1. The number of halogens is 6. The van der Waals surface area contributed by atoms with Crippen molar-refractivity contribution in [2.75, 3.05) is 0 Å². The van der Waals surface area contributed by atoms with Crippen molar-refractivity contribution in [2.24, 2.45) is 0 Å². The topological polar surface area (TPSA) is 97.0 Å². The van der Waals surface area contributed by atoms with Gasteiger partial charge in [0.25, 0.3) is 0 Å². The van der Waals surface area contributed by atoms with Crippen molar-refractivity contribution in [1.82, 2.24) is 13.1 Å². The first-order valence-electron chi connectivity index (χ1n) is 9.98. The zero-order chi connectivity index (χ0) is 26.8. The number of nitrogens with zero attached hydrogens (tertiary/aromatic N) is 3. The number of carbonyl (C=O) groups is 1. The van der Waals surface area contributed by atoms with Gasteiger partial charge >= 0.3 is 219 Å². The SMILES string of the molecule is C=C(C)C(F)(F)c1ncn(CC2=C[I-]NC(=O)C(C(C)(F)F)=C2)c(=O)c1Oc1cc(Cl)cc(C#N)c1. The van der Waals surface area contributed by atoms with Gasteiger partial charge in [-0.3, -0.25) is 0 Å². The molecule has 2 heterocycles. The van der Waals surface area contributed by atoms with Crippen LogP contribution in [0.5, 0.6) is 11.5 Å². The summed E-state index contributed by atoms with van der Waals surface area (Å²) in [4.78, 5) is 29.0. The van der Waals surface area contributed by atoms with Crippen LogP contribution < -0.4 is 35.3 Å². The molecule has 1 amide bonds. The maximum atomic E-state index is 14.9. The van der Waals surface area contributed by atoms with Gasteiger partial charge in [0.2, 0.25) is 0 Å². The molecule has 0 atom stereocenters. The molecule has 0 saturated carbocycles. The standard InChI is InChI=1S/C23H17ClF4IN4O3/c1-12(2)23(27,28)19-18(36-16-5-13(9-30)4-15(24)7-16)21(35)33(11-31-19)10-14-6-17(22(3,25)26)20(34)32-29-8-14/h4-8,11H,1,10H2,2-3H3,(H,32,34)/q-1. The molecule has 2 aromatic rings. The second-order valence-electron chi connectivity index (χ2n) is 7.76. The molecule has 7 nitrogen and oxygen atoms in total. The van der Waals surface area contributed by atoms with Gasteiger partial charge in [-0.1, -0.05) is 0 Å². The van der Waals surface area contributed by atoms with Crippen LogP contribution in [0.4, 0.5) is 17.6 Å². The van der Waals surface area contributed by atoms with Gasteiger partial charge in [-0.2, -0.15) is 0 Å². The van der Waals surface area contributed by atoms with Crippen LogP contribution in [0.3, 0.4) is 0 Å². The maximum absolute atomic E-state index is 14.9. The van der Waals surface area contributed by atoms with Crippen molar-refractivity contribution in [2.45, 2.75) is 32.2 Å².